The summed E-state index contributed by atoms with van der Waals surface area (Å²) >= 11 is 6.14. The van der Waals surface area contributed by atoms with Gasteiger partial charge in [0, 0.05) is 23.5 Å². The molecule has 21 heavy (non-hydrogen) atoms. The van der Waals surface area contributed by atoms with Crippen LogP contribution >= 0.6 is 11.6 Å². The number of anilines is 2. The van der Waals surface area contributed by atoms with Gasteiger partial charge in [-0.25, -0.2) is 4.98 Å². The minimum absolute atomic E-state index is 0.220. The smallest absolute Gasteiger partial charge is 0.222 e. The first-order chi connectivity index (χ1) is 10.1. The number of halogens is 1. The molecule has 4 rings (SSSR count). The second-order valence-electron chi connectivity index (χ2n) is 5.31. The molecule has 3 heterocycles. The lowest BCUT2D eigenvalue weighted by Gasteiger charge is -2.28. The SMILES string of the molecule is Cc1cc(Cl)cc2c1oc1c(NC3CNC3)nc(N)nc12. The number of furan rings is 1. The van der Waals surface area contributed by atoms with Gasteiger partial charge in [-0.15, -0.1) is 0 Å². The van der Waals surface area contributed by atoms with Crippen molar-refractivity contribution in [2.75, 3.05) is 24.1 Å². The summed E-state index contributed by atoms with van der Waals surface area (Å²) in [4.78, 5) is 8.59. The van der Waals surface area contributed by atoms with Crippen LogP contribution in [0.4, 0.5) is 11.8 Å². The van der Waals surface area contributed by atoms with E-state index in [1.54, 1.807) is 0 Å². The highest BCUT2D eigenvalue weighted by atomic mass is 35.5. The average molecular weight is 304 g/mol. The van der Waals surface area contributed by atoms with Crippen molar-refractivity contribution in [2.45, 2.75) is 13.0 Å². The molecule has 0 radical (unpaired) electrons. The second-order valence-corrected chi connectivity index (χ2v) is 5.75. The molecule has 2 aromatic heterocycles. The number of benzene rings is 1. The largest absolute Gasteiger partial charge is 0.450 e. The van der Waals surface area contributed by atoms with Crippen LogP contribution in [0.15, 0.2) is 16.5 Å². The van der Waals surface area contributed by atoms with Crippen LogP contribution in [-0.2, 0) is 0 Å². The zero-order chi connectivity index (χ0) is 14.6. The second kappa shape index (κ2) is 4.47. The Hall–Kier alpha value is -2.05. The summed E-state index contributed by atoms with van der Waals surface area (Å²) < 4.78 is 5.97. The lowest BCUT2D eigenvalue weighted by atomic mass is 10.1. The topological polar surface area (TPSA) is 89.0 Å². The molecule has 0 unspecified atom stereocenters. The molecule has 7 heteroatoms. The minimum Gasteiger partial charge on any atom is -0.450 e. The van der Waals surface area contributed by atoms with E-state index in [1.165, 1.54) is 0 Å². The predicted octanol–water partition coefficient (Wildman–Crippen LogP) is 2.30. The molecule has 1 saturated heterocycles. The van der Waals surface area contributed by atoms with E-state index in [9.17, 15) is 0 Å². The van der Waals surface area contributed by atoms with Gasteiger partial charge in [-0.05, 0) is 24.6 Å². The van der Waals surface area contributed by atoms with E-state index < -0.39 is 0 Å². The third-order valence-electron chi connectivity index (χ3n) is 3.70. The van der Waals surface area contributed by atoms with Crippen LogP contribution in [0.2, 0.25) is 5.02 Å². The van der Waals surface area contributed by atoms with E-state index in [-0.39, 0.29) is 5.95 Å². The first-order valence-corrected chi connectivity index (χ1v) is 7.13. The molecule has 0 spiro atoms. The Kier molecular flexibility index (Phi) is 2.70. The fourth-order valence-electron chi connectivity index (χ4n) is 2.57. The van der Waals surface area contributed by atoms with Gasteiger partial charge in [-0.2, -0.15) is 4.98 Å². The van der Waals surface area contributed by atoms with Gasteiger partial charge in [0.1, 0.15) is 11.1 Å². The molecule has 0 aliphatic carbocycles. The molecule has 4 N–H and O–H groups in total. The number of nitrogen functional groups attached to an aromatic ring is 1. The van der Waals surface area contributed by atoms with Crippen LogP contribution < -0.4 is 16.4 Å². The van der Waals surface area contributed by atoms with Crippen LogP contribution in [0.5, 0.6) is 0 Å². The molecule has 1 aliphatic rings. The van der Waals surface area contributed by atoms with Crippen molar-refractivity contribution < 1.29 is 4.42 Å². The lowest BCUT2D eigenvalue weighted by Crippen LogP contribution is -2.51. The average Bonchev–Trinajstić information content (AvgIpc) is 2.73. The van der Waals surface area contributed by atoms with E-state index in [0.717, 1.165) is 29.6 Å². The zero-order valence-corrected chi connectivity index (χ0v) is 12.2. The van der Waals surface area contributed by atoms with E-state index in [0.29, 0.717) is 28.0 Å². The Labute approximate surface area is 125 Å². The maximum atomic E-state index is 6.14. The minimum atomic E-state index is 0.220. The molecule has 108 valence electrons. The van der Waals surface area contributed by atoms with E-state index in [4.69, 9.17) is 21.8 Å². The van der Waals surface area contributed by atoms with Gasteiger partial charge in [0.15, 0.2) is 11.4 Å². The summed E-state index contributed by atoms with van der Waals surface area (Å²) in [6.07, 6.45) is 0. The first-order valence-electron chi connectivity index (χ1n) is 6.75. The van der Waals surface area contributed by atoms with Gasteiger partial charge in [0.2, 0.25) is 5.95 Å². The fourth-order valence-corrected chi connectivity index (χ4v) is 2.85. The molecule has 0 bridgehead atoms. The molecule has 0 amide bonds. The normalized spacial score (nSPS) is 15.5. The van der Waals surface area contributed by atoms with Gasteiger partial charge in [-0.1, -0.05) is 11.6 Å². The molecule has 3 aromatic rings. The molecule has 1 aliphatic heterocycles. The highest BCUT2D eigenvalue weighted by molar-refractivity contribution is 6.32. The maximum absolute atomic E-state index is 6.14. The fraction of sp³-hybridized carbons (Fsp3) is 0.286. The quantitative estimate of drug-likeness (QED) is 0.673. The van der Waals surface area contributed by atoms with Crippen molar-refractivity contribution in [2.24, 2.45) is 0 Å². The van der Waals surface area contributed by atoms with Gasteiger partial charge in [0.05, 0.1) is 6.04 Å². The number of nitrogens with zero attached hydrogens (tertiary/aromatic N) is 2. The van der Waals surface area contributed by atoms with Crippen LogP contribution in [0.25, 0.3) is 22.1 Å². The summed E-state index contributed by atoms with van der Waals surface area (Å²) in [6, 6.07) is 4.04. The predicted molar refractivity (Wildman–Crippen MR) is 83.7 cm³/mol. The molecule has 1 fully saturated rings. The Balaban J connectivity index is 1.99. The van der Waals surface area contributed by atoms with Crippen molar-refractivity contribution in [3.8, 4) is 0 Å². The molecule has 1 aromatic carbocycles. The van der Waals surface area contributed by atoms with Gasteiger partial charge in [0.25, 0.3) is 0 Å². The summed E-state index contributed by atoms with van der Waals surface area (Å²) in [5.41, 5.74) is 8.88. The summed E-state index contributed by atoms with van der Waals surface area (Å²) in [7, 11) is 0. The van der Waals surface area contributed by atoms with Crippen molar-refractivity contribution in [1.29, 1.82) is 0 Å². The molecule has 0 atom stereocenters. The Morgan fingerprint density at radius 2 is 2.14 bits per heavy atom. The lowest BCUT2D eigenvalue weighted by molar-refractivity contribution is 0.470. The van der Waals surface area contributed by atoms with Crippen LogP contribution in [0.1, 0.15) is 5.56 Å². The monoisotopic (exact) mass is 303 g/mol. The summed E-state index contributed by atoms with van der Waals surface area (Å²) in [6.45, 7) is 3.75. The standard InChI is InChI=1S/C14H14ClN5O/c1-6-2-7(15)3-9-10-12(21-11(6)9)13(20-14(16)19-10)18-8-4-17-5-8/h2-3,8,17H,4-5H2,1H3,(H3,16,18,19,20). The Morgan fingerprint density at radius 1 is 1.33 bits per heavy atom. The molecular weight excluding hydrogens is 290 g/mol. The maximum Gasteiger partial charge on any atom is 0.222 e. The van der Waals surface area contributed by atoms with E-state index in [1.807, 2.05) is 19.1 Å². The Morgan fingerprint density at radius 3 is 2.86 bits per heavy atom. The number of rotatable bonds is 2. The van der Waals surface area contributed by atoms with Gasteiger partial charge in [-0.3, -0.25) is 0 Å². The van der Waals surface area contributed by atoms with Crippen molar-refractivity contribution in [1.82, 2.24) is 15.3 Å². The summed E-state index contributed by atoms with van der Waals surface area (Å²) in [5.74, 6) is 0.855. The van der Waals surface area contributed by atoms with Gasteiger partial charge >= 0.3 is 0 Å². The zero-order valence-electron chi connectivity index (χ0n) is 11.4. The van der Waals surface area contributed by atoms with Crippen LogP contribution in [-0.4, -0.2) is 29.1 Å². The molecular formula is C14H14ClN5O. The van der Waals surface area contributed by atoms with Crippen molar-refractivity contribution in [3.05, 3.63) is 22.7 Å². The molecule has 0 saturated carbocycles. The highest BCUT2D eigenvalue weighted by Gasteiger charge is 2.22. The number of fused-ring (bicyclic) bond motifs is 3. The Bertz CT molecular complexity index is 856. The van der Waals surface area contributed by atoms with Crippen LogP contribution in [0.3, 0.4) is 0 Å². The molecule has 6 nitrogen and oxygen atoms in total. The van der Waals surface area contributed by atoms with Gasteiger partial charge < -0.3 is 20.8 Å². The third kappa shape index (κ3) is 1.99. The number of nitrogens with one attached hydrogen (secondary N) is 2. The number of nitrogens with two attached hydrogens (primary N) is 1. The van der Waals surface area contributed by atoms with E-state index >= 15 is 0 Å². The van der Waals surface area contributed by atoms with E-state index in [2.05, 4.69) is 20.6 Å². The van der Waals surface area contributed by atoms with Crippen molar-refractivity contribution >= 4 is 45.4 Å². The number of aromatic nitrogens is 2. The van der Waals surface area contributed by atoms with Crippen LogP contribution in [0, 0.1) is 6.92 Å². The van der Waals surface area contributed by atoms with Crippen molar-refractivity contribution in [3.63, 3.8) is 0 Å². The third-order valence-corrected chi connectivity index (χ3v) is 3.92. The number of hydrogen-bond donors (Lipinski definition) is 3. The number of hydrogen-bond acceptors (Lipinski definition) is 6. The summed E-state index contributed by atoms with van der Waals surface area (Å²) in [5, 5.41) is 8.05. The number of aryl methyl sites for hydroxylation is 1. The highest BCUT2D eigenvalue weighted by Crippen LogP contribution is 2.35. The first kappa shape index (κ1) is 12.7.